The van der Waals surface area contributed by atoms with Crippen molar-refractivity contribution < 1.29 is 14.3 Å². The molecule has 2 aromatic rings. The molecule has 35 heavy (non-hydrogen) atoms. The molecule has 0 amide bonds. The van der Waals surface area contributed by atoms with Crippen LogP contribution in [0.1, 0.15) is 41.3 Å². The quantitative estimate of drug-likeness (QED) is 0.375. The number of aliphatic hydroxyl groups is 1. The largest absolute Gasteiger partial charge is 0.377 e. The molecule has 0 saturated carbocycles. The van der Waals surface area contributed by atoms with E-state index in [2.05, 4.69) is 33.9 Å². The number of nitrogens with one attached hydrogen (secondary N) is 1. The lowest BCUT2D eigenvalue weighted by atomic mass is 9.92. The number of piperidine rings is 1. The summed E-state index contributed by atoms with van der Waals surface area (Å²) in [6.07, 6.45) is 4.54. The van der Waals surface area contributed by atoms with Crippen molar-refractivity contribution in [1.29, 1.82) is 0 Å². The highest BCUT2D eigenvalue weighted by Crippen LogP contribution is 2.20. The third kappa shape index (κ3) is 6.93. The van der Waals surface area contributed by atoms with Crippen LogP contribution in [-0.4, -0.2) is 65.1 Å². The van der Waals surface area contributed by atoms with Gasteiger partial charge in [0.15, 0.2) is 5.78 Å². The normalized spacial score (nSPS) is 20.5. The average Bonchev–Trinajstić information content (AvgIpc) is 2.84. The first kappa shape index (κ1) is 25.4. The van der Waals surface area contributed by atoms with Crippen LogP contribution in [0.25, 0.3) is 0 Å². The summed E-state index contributed by atoms with van der Waals surface area (Å²) < 4.78 is 13.2. The summed E-state index contributed by atoms with van der Waals surface area (Å²) in [5, 5.41) is 14.4. The summed E-state index contributed by atoms with van der Waals surface area (Å²) in [7, 11) is 0. The van der Waals surface area contributed by atoms with Gasteiger partial charge in [-0.05, 0) is 68.8 Å². The van der Waals surface area contributed by atoms with Gasteiger partial charge in [-0.3, -0.25) is 9.69 Å². The first-order chi connectivity index (χ1) is 16.8. The molecule has 2 saturated heterocycles. The van der Waals surface area contributed by atoms with Crippen LogP contribution in [0.15, 0.2) is 54.7 Å². The molecule has 2 aliphatic heterocycles. The predicted octanol–water partition coefficient (Wildman–Crippen LogP) is 3.85. The predicted molar refractivity (Wildman–Crippen MR) is 137 cm³/mol. The van der Waals surface area contributed by atoms with E-state index in [0.29, 0.717) is 42.1 Å². The van der Waals surface area contributed by atoms with Crippen molar-refractivity contribution in [3.05, 3.63) is 82.3 Å². The number of ketones is 1. The van der Waals surface area contributed by atoms with Gasteiger partial charge in [-0.25, -0.2) is 4.39 Å². The van der Waals surface area contributed by atoms with Crippen LogP contribution in [0, 0.1) is 17.7 Å². The Bertz CT molecular complexity index is 1130. The van der Waals surface area contributed by atoms with Crippen molar-refractivity contribution in [3.63, 3.8) is 0 Å². The second-order valence-corrected chi connectivity index (χ2v) is 9.79. The SMILES string of the molecule is C[C@@H]1CN(Cc2ccc(F)cc2)CCN1/C=C/C(=O)c1ccc(Cl)cc1C#CC1(O)CCNCC1. The zero-order valence-corrected chi connectivity index (χ0v) is 20.7. The summed E-state index contributed by atoms with van der Waals surface area (Å²) in [6.45, 7) is 6.82. The van der Waals surface area contributed by atoms with Crippen LogP contribution >= 0.6 is 11.6 Å². The number of rotatable bonds is 5. The van der Waals surface area contributed by atoms with Gasteiger partial charge in [0.25, 0.3) is 0 Å². The summed E-state index contributed by atoms with van der Waals surface area (Å²) in [5.41, 5.74) is 1.03. The minimum atomic E-state index is -1.05. The maximum Gasteiger partial charge on any atom is 0.188 e. The number of halogens is 2. The smallest absolute Gasteiger partial charge is 0.188 e. The molecule has 2 N–H and O–H groups in total. The van der Waals surface area contributed by atoms with E-state index in [-0.39, 0.29) is 17.6 Å². The van der Waals surface area contributed by atoms with Crippen molar-refractivity contribution in [2.75, 3.05) is 32.7 Å². The lowest BCUT2D eigenvalue weighted by Crippen LogP contribution is -2.49. The molecule has 0 aliphatic carbocycles. The summed E-state index contributed by atoms with van der Waals surface area (Å²) in [4.78, 5) is 17.6. The standard InChI is InChI=1S/C28H31ClFN3O2/c1-21-19-32(20-22-2-5-25(30)6-3-22)16-17-33(21)15-9-27(34)26-7-4-24(29)18-23(26)8-10-28(35)11-13-31-14-12-28/h2-7,9,15,18,21,31,35H,11-14,16-17,19-20H2,1H3/b15-9+/t21-/m1/s1. The van der Waals surface area contributed by atoms with Crippen LogP contribution in [0.3, 0.4) is 0 Å². The summed E-state index contributed by atoms with van der Waals surface area (Å²) >= 11 is 6.17. The minimum Gasteiger partial charge on any atom is -0.377 e. The van der Waals surface area contributed by atoms with Gasteiger partial charge in [0.1, 0.15) is 11.4 Å². The Morgan fingerprint density at radius 3 is 2.69 bits per heavy atom. The van der Waals surface area contributed by atoms with Crippen LogP contribution in [0.4, 0.5) is 4.39 Å². The minimum absolute atomic E-state index is 0.149. The number of carbonyl (C=O) groups excluding carboxylic acids is 1. The van der Waals surface area contributed by atoms with E-state index < -0.39 is 5.60 Å². The Balaban J connectivity index is 1.40. The maximum absolute atomic E-state index is 13.2. The van der Waals surface area contributed by atoms with E-state index in [9.17, 15) is 14.3 Å². The van der Waals surface area contributed by atoms with E-state index >= 15 is 0 Å². The molecule has 2 fully saturated rings. The molecule has 4 rings (SSSR count). The molecule has 1 atom stereocenters. The van der Waals surface area contributed by atoms with Crippen molar-refractivity contribution in [3.8, 4) is 11.8 Å². The van der Waals surface area contributed by atoms with Gasteiger partial charge in [-0.2, -0.15) is 0 Å². The molecule has 0 radical (unpaired) electrons. The zero-order chi connectivity index (χ0) is 24.8. The van der Waals surface area contributed by atoms with Gasteiger partial charge in [0.2, 0.25) is 0 Å². The number of nitrogens with zero attached hydrogens (tertiary/aromatic N) is 2. The van der Waals surface area contributed by atoms with Gasteiger partial charge < -0.3 is 15.3 Å². The van der Waals surface area contributed by atoms with E-state index in [0.717, 1.165) is 31.7 Å². The third-order valence-corrected chi connectivity index (χ3v) is 6.84. The lowest BCUT2D eigenvalue weighted by molar-refractivity contribution is 0.0679. The van der Waals surface area contributed by atoms with Crippen molar-refractivity contribution in [1.82, 2.24) is 15.1 Å². The fourth-order valence-electron chi connectivity index (χ4n) is 4.50. The topological polar surface area (TPSA) is 55.8 Å². The Hall–Kier alpha value is -2.69. The molecular weight excluding hydrogens is 465 g/mol. The number of hydrogen-bond donors (Lipinski definition) is 2. The molecule has 2 heterocycles. The molecule has 184 valence electrons. The van der Waals surface area contributed by atoms with Crippen LogP contribution in [0.2, 0.25) is 5.02 Å². The highest BCUT2D eigenvalue weighted by molar-refractivity contribution is 6.30. The van der Waals surface area contributed by atoms with Crippen molar-refractivity contribution in [2.24, 2.45) is 0 Å². The molecule has 7 heteroatoms. The third-order valence-electron chi connectivity index (χ3n) is 6.61. The molecular formula is C28H31ClFN3O2. The highest BCUT2D eigenvalue weighted by Gasteiger charge is 2.26. The first-order valence-electron chi connectivity index (χ1n) is 12.0. The molecule has 0 spiro atoms. The van der Waals surface area contributed by atoms with Crippen LogP contribution in [-0.2, 0) is 6.54 Å². The summed E-state index contributed by atoms with van der Waals surface area (Å²) in [5.74, 6) is 5.61. The van der Waals surface area contributed by atoms with Crippen LogP contribution in [0.5, 0.6) is 0 Å². The Labute approximate surface area is 211 Å². The lowest BCUT2D eigenvalue weighted by Gasteiger charge is -2.39. The fraction of sp³-hybridized carbons (Fsp3) is 0.393. The van der Waals surface area contributed by atoms with Crippen molar-refractivity contribution in [2.45, 2.75) is 38.0 Å². The highest BCUT2D eigenvalue weighted by atomic mass is 35.5. The zero-order valence-electron chi connectivity index (χ0n) is 19.9. The average molecular weight is 496 g/mol. The molecule has 0 bridgehead atoms. The van der Waals surface area contributed by atoms with Gasteiger partial charge in [0, 0.05) is 60.6 Å². The Kier molecular flexibility index (Phi) is 8.25. The number of allylic oxidation sites excluding steroid dienone is 1. The number of hydrogen-bond acceptors (Lipinski definition) is 5. The molecule has 2 aromatic carbocycles. The van der Waals surface area contributed by atoms with E-state index in [1.54, 1.807) is 24.3 Å². The maximum atomic E-state index is 13.2. The van der Waals surface area contributed by atoms with Gasteiger partial charge in [-0.1, -0.05) is 35.6 Å². The molecule has 5 nitrogen and oxygen atoms in total. The Morgan fingerprint density at radius 2 is 1.97 bits per heavy atom. The van der Waals surface area contributed by atoms with Crippen molar-refractivity contribution >= 4 is 17.4 Å². The van der Waals surface area contributed by atoms with E-state index in [1.807, 2.05) is 18.3 Å². The number of piperazine rings is 1. The van der Waals surface area contributed by atoms with E-state index in [4.69, 9.17) is 11.6 Å². The molecule has 0 aromatic heterocycles. The number of carbonyl (C=O) groups is 1. The molecule has 2 aliphatic rings. The molecule has 0 unspecified atom stereocenters. The summed E-state index contributed by atoms with van der Waals surface area (Å²) in [6, 6.07) is 11.9. The first-order valence-corrected chi connectivity index (χ1v) is 12.4. The number of benzene rings is 2. The van der Waals surface area contributed by atoms with Gasteiger partial charge >= 0.3 is 0 Å². The second-order valence-electron chi connectivity index (χ2n) is 9.35. The van der Waals surface area contributed by atoms with E-state index in [1.165, 1.54) is 12.1 Å². The fourth-order valence-corrected chi connectivity index (χ4v) is 4.67. The monoisotopic (exact) mass is 495 g/mol. The van der Waals surface area contributed by atoms with Gasteiger partial charge in [0.05, 0.1) is 0 Å². The Morgan fingerprint density at radius 1 is 1.23 bits per heavy atom. The van der Waals surface area contributed by atoms with Crippen LogP contribution < -0.4 is 5.32 Å². The second kappa shape index (κ2) is 11.4. The van der Waals surface area contributed by atoms with Gasteiger partial charge in [-0.15, -0.1) is 0 Å².